The first-order chi connectivity index (χ1) is 11.9. The summed E-state index contributed by atoms with van der Waals surface area (Å²) in [6.07, 6.45) is 2.61. The molecule has 1 unspecified atom stereocenters. The highest BCUT2D eigenvalue weighted by Gasteiger charge is 2.29. The molecule has 1 heterocycles. The van der Waals surface area contributed by atoms with E-state index in [-0.39, 0.29) is 24.0 Å². The number of nitrogens with zero attached hydrogens (tertiary/aromatic N) is 2. The van der Waals surface area contributed by atoms with Gasteiger partial charge in [0.2, 0.25) is 0 Å². The molecular weight excluding hydrogens is 455 g/mol. The van der Waals surface area contributed by atoms with Crippen molar-refractivity contribution in [2.24, 2.45) is 4.99 Å². The quantitative estimate of drug-likeness (QED) is 0.343. The third-order valence-electron chi connectivity index (χ3n) is 5.02. The van der Waals surface area contributed by atoms with E-state index in [1.807, 2.05) is 7.05 Å². The fraction of sp³-hybridized carbons (Fsp3) is 0.650. The number of thioether (sulfide) groups is 1. The van der Waals surface area contributed by atoms with E-state index >= 15 is 0 Å². The van der Waals surface area contributed by atoms with Crippen LogP contribution in [0.1, 0.15) is 44.7 Å². The monoisotopic (exact) mass is 490 g/mol. The van der Waals surface area contributed by atoms with Gasteiger partial charge in [0.15, 0.2) is 5.96 Å². The SMILES string of the molecule is CN=C(NCc1ccccc1CN(C)C(C)C)NCC1(C)CCCS1.I. The molecule has 1 aliphatic rings. The Kier molecular flexibility index (Phi) is 10.3. The van der Waals surface area contributed by atoms with Crippen LogP contribution in [-0.4, -0.2) is 48.0 Å². The van der Waals surface area contributed by atoms with E-state index in [1.165, 1.54) is 29.7 Å². The molecule has 0 saturated carbocycles. The highest BCUT2D eigenvalue weighted by molar-refractivity contribution is 14.0. The second-order valence-corrected chi connectivity index (χ2v) is 9.14. The molecule has 6 heteroatoms. The average molecular weight is 490 g/mol. The maximum atomic E-state index is 4.39. The number of benzene rings is 1. The van der Waals surface area contributed by atoms with Crippen LogP contribution in [0.25, 0.3) is 0 Å². The third-order valence-corrected chi connectivity index (χ3v) is 6.56. The Bertz CT molecular complexity index is 571. The van der Waals surface area contributed by atoms with Gasteiger partial charge < -0.3 is 10.6 Å². The summed E-state index contributed by atoms with van der Waals surface area (Å²) in [7, 11) is 4.02. The van der Waals surface area contributed by atoms with E-state index in [4.69, 9.17) is 0 Å². The Morgan fingerprint density at radius 1 is 1.27 bits per heavy atom. The van der Waals surface area contributed by atoms with Crippen molar-refractivity contribution in [1.29, 1.82) is 0 Å². The van der Waals surface area contributed by atoms with Gasteiger partial charge >= 0.3 is 0 Å². The van der Waals surface area contributed by atoms with Crippen LogP contribution in [0.4, 0.5) is 0 Å². The lowest BCUT2D eigenvalue weighted by Gasteiger charge is -2.25. The first-order valence-electron chi connectivity index (χ1n) is 9.29. The molecule has 1 aliphatic heterocycles. The van der Waals surface area contributed by atoms with Crippen molar-refractivity contribution in [3.8, 4) is 0 Å². The summed E-state index contributed by atoms with van der Waals surface area (Å²) in [4.78, 5) is 6.75. The molecule has 0 aliphatic carbocycles. The van der Waals surface area contributed by atoms with Crippen molar-refractivity contribution >= 4 is 41.7 Å². The van der Waals surface area contributed by atoms with Crippen LogP contribution in [0.3, 0.4) is 0 Å². The van der Waals surface area contributed by atoms with Crippen LogP contribution >= 0.6 is 35.7 Å². The van der Waals surface area contributed by atoms with Crippen LogP contribution in [0.2, 0.25) is 0 Å². The van der Waals surface area contributed by atoms with Gasteiger partial charge in [-0.05, 0) is 57.5 Å². The molecule has 0 bridgehead atoms. The van der Waals surface area contributed by atoms with Crippen LogP contribution in [0, 0.1) is 0 Å². The van der Waals surface area contributed by atoms with E-state index < -0.39 is 0 Å². The zero-order valence-electron chi connectivity index (χ0n) is 16.8. The van der Waals surface area contributed by atoms with Gasteiger partial charge in [0.25, 0.3) is 0 Å². The minimum atomic E-state index is 0. The summed E-state index contributed by atoms with van der Waals surface area (Å²) >= 11 is 2.07. The Morgan fingerprint density at radius 3 is 2.54 bits per heavy atom. The number of rotatable bonds is 7. The number of aliphatic imine (C=N–C) groups is 1. The maximum absolute atomic E-state index is 4.39. The van der Waals surface area contributed by atoms with E-state index in [9.17, 15) is 0 Å². The minimum absolute atomic E-state index is 0. The molecule has 2 rings (SSSR count). The smallest absolute Gasteiger partial charge is 0.191 e. The van der Waals surface area contributed by atoms with E-state index in [1.54, 1.807) is 0 Å². The van der Waals surface area contributed by atoms with Gasteiger partial charge in [-0.15, -0.1) is 24.0 Å². The Balaban J connectivity index is 0.00000338. The molecule has 2 N–H and O–H groups in total. The largest absolute Gasteiger partial charge is 0.355 e. The molecule has 1 atom stereocenters. The van der Waals surface area contributed by atoms with Crippen molar-refractivity contribution in [2.45, 2.75) is 57.5 Å². The predicted molar refractivity (Wildman–Crippen MR) is 127 cm³/mol. The highest BCUT2D eigenvalue weighted by atomic mass is 127. The average Bonchev–Trinajstić information content (AvgIpc) is 3.03. The van der Waals surface area contributed by atoms with Gasteiger partial charge in [0.05, 0.1) is 0 Å². The molecule has 0 radical (unpaired) electrons. The van der Waals surface area contributed by atoms with Gasteiger partial charge in [-0.3, -0.25) is 9.89 Å². The van der Waals surface area contributed by atoms with Gasteiger partial charge in [0, 0.05) is 37.5 Å². The summed E-state index contributed by atoms with van der Waals surface area (Å²) < 4.78 is 0.343. The van der Waals surface area contributed by atoms with Crippen molar-refractivity contribution < 1.29 is 0 Å². The van der Waals surface area contributed by atoms with Gasteiger partial charge in [-0.1, -0.05) is 24.3 Å². The first kappa shape index (κ1) is 23.6. The van der Waals surface area contributed by atoms with Crippen LogP contribution < -0.4 is 10.6 Å². The molecule has 1 aromatic rings. The summed E-state index contributed by atoms with van der Waals surface area (Å²) in [5.74, 6) is 2.17. The van der Waals surface area contributed by atoms with Gasteiger partial charge in [-0.25, -0.2) is 0 Å². The normalized spacial score (nSPS) is 20.3. The number of hydrogen-bond donors (Lipinski definition) is 2. The molecule has 148 valence electrons. The second-order valence-electron chi connectivity index (χ2n) is 7.46. The van der Waals surface area contributed by atoms with Crippen LogP contribution in [0.15, 0.2) is 29.3 Å². The number of halogens is 1. The molecule has 4 nitrogen and oxygen atoms in total. The maximum Gasteiger partial charge on any atom is 0.191 e. The molecule has 0 aromatic heterocycles. The van der Waals surface area contributed by atoms with Gasteiger partial charge in [0.1, 0.15) is 0 Å². The third kappa shape index (κ3) is 7.27. The lowest BCUT2D eigenvalue weighted by atomic mass is 10.1. The van der Waals surface area contributed by atoms with Crippen LogP contribution in [-0.2, 0) is 13.1 Å². The lowest BCUT2D eigenvalue weighted by Crippen LogP contribution is -2.43. The molecule has 1 fully saturated rings. The summed E-state index contributed by atoms with van der Waals surface area (Å²) in [6.45, 7) is 9.54. The summed E-state index contributed by atoms with van der Waals surface area (Å²) in [5, 5.41) is 6.99. The fourth-order valence-corrected chi connectivity index (χ4v) is 4.23. The summed E-state index contributed by atoms with van der Waals surface area (Å²) in [5.41, 5.74) is 2.71. The highest BCUT2D eigenvalue weighted by Crippen LogP contribution is 2.36. The standard InChI is InChI=1S/C20H34N4S.HI/c1-16(2)24(5)14-18-10-7-6-9-17(18)13-22-19(21-4)23-15-20(3)11-8-12-25-20;/h6-7,9-10,16H,8,11-15H2,1-5H3,(H2,21,22,23);1H. The van der Waals surface area contributed by atoms with Crippen molar-refractivity contribution in [2.75, 3.05) is 26.4 Å². The number of guanidine groups is 1. The minimum Gasteiger partial charge on any atom is -0.355 e. The molecule has 26 heavy (non-hydrogen) atoms. The van der Waals surface area contributed by atoms with Crippen molar-refractivity contribution in [3.05, 3.63) is 35.4 Å². The lowest BCUT2D eigenvalue weighted by molar-refractivity contribution is 0.265. The topological polar surface area (TPSA) is 39.7 Å². The van der Waals surface area contributed by atoms with E-state index in [0.717, 1.165) is 25.6 Å². The second kappa shape index (κ2) is 11.4. The Hall–Kier alpha value is -0.470. The molecular formula is C20H35IN4S. The van der Waals surface area contributed by atoms with Crippen LogP contribution in [0.5, 0.6) is 0 Å². The zero-order valence-corrected chi connectivity index (χ0v) is 20.0. The van der Waals surface area contributed by atoms with Gasteiger partial charge in [-0.2, -0.15) is 11.8 Å². The number of hydrogen-bond acceptors (Lipinski definition) is 3. The van der Waals surface area contributed by atoms with E-state index in [0.29, 0.717) is 10.8 Å². The summed E-state index contributed by atoms with van der Waals surface area (Å²) in [6, 6.07) is 9.21. The predicted octanol–water partition coefficient (Wildman–Crippen LogP) is 4.10. The number of nitrogens with one attached hydrogen (secondary N) is 2. The van der Waals surface area contributed by atoms with Crippen molar-refractivity contribution in [3.63, 3.8) is 0 Å². The first-order valence-corrected chi connectivity index (χ1v) is 10.3. The Labute approximate surface area is 181 Å². The molecule has 1 aromatic carbocycles. The molecule has 0 amide bonds. The Morgan fingerprint density at radius 2 is 1.96 bits per heavy atom. The van der Waals surface area contributed by atoms with Crippen molar-refractivity contribution in [1.82, 2.24) is 15.5 Å². The van der Waals surface area contributed by atoms with E-state index in [2.05, 4.69) is 84.4 Å². The fourth-order valence-electron chi connectivity index (χ4n) is 2.98. The molecule has 1 saturated heterocycles. The zero-order chi connectivity index (χ0) is 18.3. The molecule has 0 spiro atoms.